The molecule has 0 bridgehead atoms. The average Bonchev–Trinajstić information content (AvgIpc) is 2.36. The van der Waals surface area contributed by atoms with Crippen LogP contribution in [-0.2, 0) is 0 Å². The number of aromatic nitrogens is 1. The quantitative estimate of drug-likeness (QED) is 0.459. The first-order valence-electron chi connectivity index (χ1n) is 4.79. The first kappa shape index (κ1) is 13.3. The summed E-state index contributed by atoms with van der Waals surface area (Å²) in [4.78, 5) is 14.2. The maximum absolute atomic E-state index is 13.7. The van der Waals surface area contributed by atoms with Crippen LogP contribution < -0.4 is 0 Å². The molecule has 0 fully saturated rings. The molecule has 1 aromatic carbocycles. The lowest BCUT2D eigenvalue weighted by Crippen LogP contribution is -1.94. The van der Waals surface area contributed by atoms with Crippen LogP contribution in [0.4, 0.5) is 4.39 Å². The Bertz CT molecular complexity index is 631. The summed E-state index contributed by atoms with van der Waals surface area (Å²) < 4.78 is 13.7. The second-order valence-electron chi connectivity index (χ2n) is 3.44. The van der Waals surface area contributed by atoms with Crippen molar-refractivity contribution in [3.05, 3.63) is 51.0 Å². The van der Waals surface area contributed by atoms with Gasteiger partial charge in [0.2, 0.25) is 5.95 Å². The van der Waals surface area contributed by atoms with Crippen molar-refractivity contribution >= 4 is 41.1 Å². The van der Waals surface area contributed by atoms with Crippen molar-refractivity contribution in [2.75, 3.05) is 0 Å². The fraction of sp³-hybridized carbons (Fsp3) is 0. The van der Waals surface area contributed by atoms with Gasteiger partial charge in [0.1, 0.15) is 0 Å². The SMILES string of the molecule is O=Cc1cnc(F)c(-c2c(Cl)ccc(Cl)c2Cl)c1. The van der Waals surface area contributed by atoms with E-state index in [0.717, 1.165) is 6.20 Å². The minimum Gasteiger partial charge on any atom is -0.298 e. The summed E-state index contributed by atoms with van der Waals surface area (Å²) in [6.07, 6.45) is 1.68. The number of benzene rings is 1. The zero-order valence-electron chi connectivity index (χ0n) is 8.75. The Hall–Kier alpha value is -1.16. The molecule has 0 unspecified atom stereocenters. The maximum Gasteiger partial charge on any atom is 0.220 e. The molecule has 0 radical (unpaired) electrons. The highest BCUT2D eigenvalue weighted by molar-refractivity contribution is 6.46. The van der Waals surface area contributed by atoms with E-state index in [4.69, 9.17) is 34.8 Å². The van der Waals surface area contributed by atoms with Gasteiger partial charge in [0.05, 0.1) is 15.1 Å². The molecule has 6 heteroatoms. The van der Waals surface area contributed by atoms with E-state index < -0.39 is 5.95 Å². The van der Waals surface area contributed by atoms with Crippen molar-refractivity contribution in [3.63, 3.8) is 0 Å². The van der Waals surface area contributed by atoms with Gasteiger partial charge < -0.3 is 0 Å². The van der Waals surface area contributed by atoms with Crippen molar-refractivity contribution < 1.29 is 9.18 Å². The number of rotatable bonds is 2. The molecular formula is C12H5Cl3FNO. The van der Waals surface area contributed by atoms with Crippen LogP contribution >= 0.6 is 34.8 Å². The van der Waals surface area contributed by atoms with E-state index >= 15 is 0 Å². The second-order valence-corrected chi connectivity index (χ2v) is 4.64. The summed E-state index contributed by atoms with van der Waals surface area (Å²) in [5.41, 5.74) is 0.482. The Kier molecular flexibility index (Phi) is 3.85. The van der Waals surface area contributed by atoms with Crippen LogP contribution in [0.2, 0.25) is 15.1 Å². The molecule has 0 spiro atoms. The third-order valence-corrected chi connectivity index (χ3v) is 3.43. The van der Waals surface area contributed by atoms with E-state index in [-0.39, 0.29) is 31.8 Å². The summed E-state index contributed by atoms with van der Waals surface area (Å²) in [5, 5.41) is 0.591. The summed E-state index contributed by atoms with van der Waals surface area (Å²) in [5.74, 6) is -0.772. The third kappa shape index (κ3) is 2.34. The van der Waals surface area contributed by atoms with E-state index in [9.17, 15) is 9.18 Å². The van der Waals surface area contributed by atoms with Gasteiger partial charge in [-0.1, -0.05) is 34.8 Å². The van der Waals surface area contributed by atoms with Crippen molar-refractivity contribution in [2.45, 2.75) is 0 Å². The first-order valence-corrected chi connectivity index (χ1v) is 5.92. The molecule has 0 N–H and O–H groups in total. The molecule has 0 saturated heterocycles. The van der Waals surface area contributed by atoms with Gasteiger partial charge in [-0.25, -0.2) is 4.98 Å². The average molecular weight is 305 g/mol. The van der Waals surface area contributed by atoms with Crippen LogP contribution in [0.1, 0.15) is 10.4 Å². The molecule has 92 valence electrons. The normalized spacial score (nSPS) is 10.4. The summed E-state index contributed by atoms with van der Waals surface area (Å²) in [6, 6.07) is 4.32. The lowest BCUT2D eigenvalue weighted by molar-refractivity contribution is 0.112. The number of hydrogen-bond donors (Lipinski definition) is 0. The van der Waals surface area contributed by atoms with Crippen LogP contribution in [0.15, 0.2) is 24.4 Å². The molecule has 0 saturated carbocycles. The summed E-state index contributed by atoms with van der Waals surface area (Å²) in [7, 11) is 0. The van der Waals surface area contributed by atoms with Crippen molar-refractivity contribution in [1.29, 1.82) is 0 Å². The number of pyridine rings is 1. The molecule has 2 nitrogen and oxygen atoms in total. The Morgan fingerprint density at radius 2 is 1.83 bits per heavy atom. The van der Waals surface area contributed by atoms with E-state index in [1.165, 1.54) is 18.2 Å². The van der Waals surface area contributed by atoms with Gasteiger partial charge >= 0.3 is 0 Å². The predicted molar refractivity (Wildman–Crippen MR) is 70.0 cm³/mol. The van der Waals surface area contributed by atoms with Crippen LogP contribution in [0.25, 0.3) is 11.1 Å². The van der Waals surface area contributed by atoms with Gasteiger partial charge in [-0.15, -0.1) is 0 Å². The van der Waals surface area contributed by atoms with Gasteiger partial charge in [-0.2, -0.15) is 4.39 Å². The Balaban J connectivity index is 2.76. The number of halogens is 4. The molecule has 0 aliphatic rings. The lowest BCUT2D eigenvalue weighted by Gasteiger charge is -2.09. The Labute approximate surface area is 117 Å². The van der Waals surface area contributed by atoms with Crippen LogP contribution in [-0.4, -0.2) is 11.3 Å². The predicted octanol–water partition coefficient (Wildman–Crippen LogP) is 4.66. The number of carbonyl (C=O) groups excluding carboxylic acids is 1. The molecule has 0 aliphatic heterocycles. The zero-order chi connectivity index (χ0) is 13.3. The highest BCUT2D eigenvalue weighted by Gasteiger charge is 2.16. The molecule has 1 heterocycles. The summed E-state index contributed by atoms with van der Waals surface area (Å²) in [6.45, 7) is 0. The fourth-order valence-corrected chi connectivity index (χ4v) is 2.21. The largest absolute Gasteiger partial charge is 0.298 e. The second kappa shape index (κ2) is 5.22. The van der Waals surface area contributed by atoms with Crippen LogP contribution in [0, 0.1) is 5.95 Å². The van der Waals surface area contributed by atoms with Gasteiger partial charge in [0, 0.05) is 22.9 Å². The minimum atomic E-state index is -0.772. The van der Waals surface area contributed by atoms with Gasteiger partial charge in [0.15, 0.2) is 6.29 Å². The smallest absolute Gasteiger partial charge is 0.220 e. The van der Waals surface area contributed by atoms with Gasteiger partial charge in [-0.05, 0) is 18.2 Å². The van der Waals surface area contributed by atoms with Gasteiger partial charge in [-0.3, -0.25) is 4.79 Å². The summed E-state index contributed by atoms with van der Waals surface area (Å²) >= 11 is 17.8. The van der Waals surface area contributed by atoms with E-state index in [1.54, 1.807) is 0 Å². The van der Waals surface area contributed by atoms with Crippen LogP contribution in [0.3, 0.4) is 0 Å². The first-order chi connectivity index (χ1) is 8.54. The number of hydrogen-bond acceptors (Lipinski definition) is 2. The number of aldehydes is 1. The highest BCUT2D eigenvalue weighted by Crippen LogP contribution is 2.39. The Morgan fingerprint density at radius 1 is 1.17 bits per heavy atom. The topological polar surface area (TPSA) is 30.0 Å². The number of carbonyl (C=O) groups is 1. The van der Waals surface area contributed by atoms with Crippen LogP contribution in [0.5, 0.6) is 0 Å². The van der Waals surface area contributed by atoms with Crippen molar-refractivity contribution in [2.24, 2.45) is 0 Å². The maximum atomic E-state index is 13.7. The monoisotopic (exact) mass is 303 g/mol. The standard InChI is InChI=1S/C12H5Cl3FNO/c13-8-1-2-9(14)11(15)10(8)7-3-6(5-18)4-17-12(7)16/h1-5H. The molecule has 1 aromatic heterocycles. The van der Waals surface area contributed by atoms with E-state index in [2.05, 4.69) is 4.98 Å². The molecule has 2 aromatic rings. The molecule has 2 rings (SSSR count). The lowest BCUT2D eigenvalue weighted by atomic mass is 10.1. The zero-order valence-corrected chi connectivity index (χ0v) is 11.0. The van der Waals surface area contributed by atoms with E-state index in [0.29, 0.717) is 6.29 Å². The molecule has 18 heavy (non-hydrogen) atoms. The Morgan fingerprint density at radius 3 is 2.50 bits per heavy atom. The van der Waals surface area contributed by atoms with Crippen molar-refractivity contribution in [3.8, 4) is 11.1 Å². The fourth-order valence-electron chi connectivity index (χ4n) is 1.48. The van der Waals surface area contributed by atoms with Crippen molar-refractivity contribution in [1.82, 2.24) is 4.98 Å². The minimum absolute atomic E-state index is 0.0390. The molecule has 0 aliphatic carbocycles. The number of nitrogens with zero attached hydrogens (tertiary/aromatic N) is 1. The van der Waals surface area contributed by atoms with Gasteiger partial charge in [0.25, 0.3) is 0 Å². The molecule has 0 atom stereocenters. The van der Waals surface area contributed by atoms with E-state index in [1.807, 2.05) is 0 Å². The molecular weight excluding hydrogens is 299 g/mol. The highest BCUT2D eigenvalue weighted by atomic mass is 35.5. The third-order valence-electron chi connectivity index (χ3n) is 2.31. The molecule has 0 amide bonds.